The van der Waals surface area contributed by atoms with Crippen LogP contribution < -0.4 is 5.73 Å². The van der Waals surface area contributed by atoms with Gasteiger partial charge in [0.15, 0.2) is 5.82 Å². The number of hydrogen-bond acceptors (Lipinski definition) is 5. The van der Waals surface area contributed by atoms with Crippen LogP contribution in [0.5, 0.6) is 0 Å². The molecule has 3 N–H and O–H groups in total. The van der Waals surface area contributed by atoms with Gasteiger partial charge in [-0.05, 0) is 11.4 Å². The Kier molecular flexibility index (Phi) is 2.33. The van der Waals surface area contributed by atoms with E-state index in [1.165, 1.54) is 0 Å². The van der Waals surface area contributed by atoms with Crippen molar-refractivity contribution >= 4 is 22.7 Å². The second kappa shape index (κ2) is 4.17. The molecule has 0 unspecified atom stereocenters. The highest BCUT2D eigenvalue weighted by Crippen LogP contribution is 2.38. The molecule has 0 atom stereocenters. The number of nitrogens with zero attached hydrogens (tertiary/aromatic N) is 4. The zero-order chi connectivity index (χ0) is 13.5. The standard InChI is InChI=1S/C13H10N6S/c14-13-11(10-2-1-5-20-10)12(17-18-13)8-6-16-19-4-3-15-7-9(8)19/h1-7H,(H3,14,17,18). The topological polar surface area (TPSA) is 84.9 Å². The molecule has 0 saturated heterocycles. The van der Waals surface area contributed by atoms with Crippen molar-refractivity contribution in [2.24, 2.45) is 0 Å². The third-order valence-corrected chi connectivity index (χ3v) is 4.04. The summed E-state index contributed by atoms with van der Waals surface area (Å²) in [4.78, 5) is 5.22. The minimum atomic E-state index is 0.491. The number of nitrogens with two attached hydrogens (primary N) is 1. The first-order valence-electron chi connectivity index (χ1n) is 6.00. The highest BCUT2D eigenvalue weighted by atomic mass is 32.1. The highest BCUT2D eigenvalue weighted by molar-refractivity contribution is 7.13. The minimum absolute atomic E-state index is 0.491. The molecular weight excluding hydrogens is 272 g/mol. The van der Waals surface area contributed by atoms with Crippen LogP contribution in [0, 0.1) is 0 Å². The largest absolute Gasteiger partial charge is 0.382 e. The normalized spacial score (nSPS) is 11.2. The quantitative estimate of drug-likeness (QED) is 0.591. The summed E-state index contributed by atoms with van der Waals surface area (Å²) in [6.45, 7) is 0. The van der Waals surface area contributed by atoms with Crippen LogP contribution in [0.15, 0.2) is 42.3 Å². The van der Waals surface area contributed by atoms with Gasteiger partial charge in [-0.15, -0.1) is 11.3 Å². The molecule has 0 fully saturated rings. The molecule has 4 rings (SSSR count). The van der Waals surface area contributed by atoms with E-state index in [0.29, 0.717) is 5.82 Å². The molecule has 0 amide bonds. The van der Waals surface area contributed by atoms with Crippen LogP contribution in [0.3, 0.4) is 0 Å². The van der Waals surface area contributed by atoms with E-state index in [1.54, 1.807) is 34.4 Å². The predicted molar refractivity (Wildman–Crippen MR) is 78.3 cm³/mol. The van der Waals surface area contributed by atoms with E-state index in [1.807, 2.05) is 23.7 Å². The molecule has 0 aromatic carbocycles. The van der Waals surface area contributed by atoms with Gasteiger partial charge in [-0.3, -0.25) is 10.1 Å². The van der Waals surface area contributed by atoms with Gasteiger partial charge in [0.2, 0.25) is 0 Å². The maximum absolute atomic E-state index is 6.00. The maximum atomic E-state index is 6.00. The van der Waals surface area contributed by atoms with Gasteiger partial charge in [-0.1, -0.05) is 6.07 Å². The summed E-state index contributed by atoms with van der Waals surface area (Å²) < 4.78 is 1.78. The molecule has 6 nitrogen and oxygen atoms in total. The zero-order valence-electron chi connectivity index (χ0n) is 10.3. The van der Waals surface area contributed by atoms with E-state index in [9.17, 15) is 0 Å². The van der Waals surface area contributed by atoms with Crippen molar-refractivity contribution in [1.82, 2.24) is 24.8 Å². The molecule has 0 saturated carbocycles. The van der Waals surface area contributed by atoms with Crippen molar-refractivity contribution in [1.29, 1.82) is 0 Å². The third-order valence-electron chi connectivity index (χ3n) is 3.16. The Labute approximate surface area is 117 Å². The fraction of sp³-hybridized carbons (Fsp3) is 0. The Balaban J connectivity index is 2.00. The first-order chi connectivity index (χ1) is 9.84. The summed E-state index contributed by atoms with van der Waals surface area (Å²) in [7, 11) is 0. The molecule has 4 aromatic heterocycles. The SMILES string of the molecule is Nc1n[nH]c(-c2cnn3ccncc23)c1-c1cccs1. The summed E-state index contributed by atoms with van der Waals surface area (Å²) in [5.74, 6) is 0.491. The number of hydrogen-bond donors (Lipinski definition) is 2. The lowest BCUT2D eigenvalue weighted by Gasteiger charge is -2.00. The van der Waals surface area contributed by atoms with Gasteiger partial charge in [0.25, 0.3) is 0 Å². The van der Waals surface area contributed by atoms with Crippen molar-refractivity contribution in [3.05, 3.63) is 42.3 Å². The summed E-state index contributed by atoms with van der Waals surface area (Å²) in [6.07, 6.45) is 7.08. The van der Waals surface area contributed by atoms with E-state index in [4.69, 9.17) is 5.73 Å². The second-order valence-corrected chi connectivity index (χ2v) is 5.25. The number of fused-ring (bicyclic) bond motifs is 1. The molecule has 4 aromatic rings. The van der Waals surface area contributed by atoms with Gasteiger partial charge in [0, 0.05) is 22.8 Å². The van der Waals surface area contributed by atoms with E-state index in [2.05, 4.69) is 20.3 Å². The van der Waals surface area contributed by atoms with Gasteiger partial charge in [-0.25, -0.2) is 4.52 Å². The third kappa shape index (κ3) is 1.53. The Hall–Kier alpha value is -2.67. The van der Waals surface area contributed by atoms with Crippen molar-refractivity contribution in [3.63, 3.8) is 0 Å². The molecule has 0 bridgehead atoms. The number of aromatic nitrogens is 5. The van der Waals surface area contributed by atoms with E-state index < -0.39 is 0 Å². The number of thiophene rings is 1. The maximum Gasteiger partial charge on any atom is 0.154 e. The van der Waals surface area contributed by atoms with Gasteiger partial charge >= 0.3 is 0 Å². The predicted octanol–water partition coefficient (Wildman–Crippen LogP) is 2.43. The molecule has 0 aliphatic heterocycles. The molecule has 20 heavy (non-hydrogen) atoms. The van der Waals surface area contributed by atoms with Crippen molar-refractivity contribution < 1.29 is 0 Å². The second-order valence-electron chi connectivity index (χ2n) is 4.30. The van der Waals surface area contributed by atoms with Crippen LogP contribution in [0.1, 0.15) is 0 Å². The van der Waals surface area contributed by atoms with E-state index >= 15 is 0 Å². The molecule has 0 radical (unpaired) electrons. The van der Waals surface area contributed by atoms with Crippen LogP contribution in [0.25, 0.3) is 27.2 Å². The van der Waals surface area contributed by atoms with Gasteiger partial charge in [0.1, 0.15) is 0 Å². The summed E-state index contributed by atoms with van der Waals surface area (Å²) in [6, 6.07) is 4.02. The van der Waals surface area contributed by atoms with Gasteiger partial charge in [0.05, 0.1) is 29.2 Å². The number of nitrogen functional groups attached to an aromatic ring is 1. The number of aromatic amines is 1. The number of nitrogens with one attached hydrogen (secondary N) is 1. The lowest BCUT2D eigenvalue weighted by atomic mass is 10.1. The molecule has 0 aliphatic rings. The van der Waals surface area contributed by atoms with Crippen LogP contribution in [0.4, 0.5) is 5.82 Å². The molecular formula is C13H10N6S. The lowest BCUT2D eigenvalue weighted by Crippen LogP contribution is -1.88. The van der Waals surface area contributed by atoms with E-state index in [-0.39, 0.29) is 0 Å². The Bertz CT molecular complexity index is 873. The fourth-order valence-corrected chi connectivity index (χ4v) is 3.03. The number of rotatable bonds is 2. The average Bonchev–Trinajstić information content (AvgIpc) is 3.16. The summed E-state index contributed by atoms with van der Waals surface area (Å²) in [5, 5.41) is 13.5. The minimum Gasteiger partial charge on any atom is -0.382 e. The Morgan fingerprint density at radius 1 is 1.30 bits per heavy atom. The molecule has 7 heteroatoms. The fourth-order valence-electron chi connectivity index (χ4n) is 2.25. The van der Waals surface area contributed by atoms with E-state index in [0.717, 1.165) is 27.2 Å². The monoisotopic (exact) mass is 282 g/mol. The number of anilines is 1. The lowest BCUT2D eigenvalue weighted by molar-refractivity contribution is 0.946. The van der Waals surface area contributed by atoms with Crippen LogP contribution in [0.2, 0.25) is 0 Å². The molecule has 98 valence electrons. The van der Waals surface area contributed by atoms with Gasteiger partial charge in [-0.2, -0.15) is 10.2 Å². The first kappa shape index (κ1) is 11.2. The summed E-state index contributed by atoms with van der Waals surface area (Å²) in [5.41, 5.74) is 9.64. The molecule has 0 aliphatic carbocycles. The molecule has 4 heterocycles. The van der Waals surface area contributed by atoms with Crippen molar-refractivity contribution in [3.8, 4) is 21.7 Å². The smallest absolute Gasteiger partial charge is 0.154 e. The van der Waals surface area contributed by atoms with Crippen LogP contribution in [-0.4, -0.2) is 24.8 Å². The first-order valence-corrected chi connectivity index (χ1v) is 6.88. The average molecular weight is 282 g/mol. The highest BCUT2D eigenvalue weighted by Gasteiger charge is 2.18. The van der Waals surface area contributed by atoms with Crippen molar-refractivity contribution in [2.45, 2.75) is 0 Å². The Morgan fingerprint density at radius 2 is 2.25 bits per heavy atom. The summed E-state index contributed by atoms with van der Waals surface area (Å²) >= 11 is 1.63. The zero-order valence-corrected chi connectivity index (χ0v) is 11.1. The Morgan fingerprint density at radius 3 is 3.10 bits per heavy atom. The van der Waals surface area contributed by atoms with Crippen LogP contribution >= 0.6 is 11.3 Å². The van der Waals surface area contributed by atoms with Crippen molar-refractivity contribution in [2.75, 3.05) is 5.73 Å². The molecule has 0 spiro atoms. The number of H-pyrrole nitrogens is 1. The van der Waals surface area contributed by atoms with Gasteiger partial charge < -0.3 is 5.73 Å². The van der Waals surface area contributed by atoms with Crippen LogP contribution in [-0.2, 0) is 0 Å².